The van der Waals surface area contributed by atoms with E-state index in [-0.39, 0.29) is 17.5 Å². The number of hydrogen-bond donors (Lipinski definition) is 1. The molecular formula is C12H14N2O5. The third kappa shape index (κ3) is 2.65. The van der Waals surface area contributed by atoms with Crippen LogP contribution in [0.1, 0.15) is 16.8 Å². The third-order valence-corrected chi connectivity index (χ3v) is 3.19. The zero-order valence-corrected chi connectivity index (χ0v) is 10.4. The SMILES string of the molecule is CN(C(=O)c1ccc(O)c([N+](=O)[O-])c1)C1CCOC1. The van der Waals surface area contributed by atoms with Crippen molar-refractivity contribution in [2.75, 3.05) is 20.3 Å². The lowest BCUT2D eigenvalue weighted by atomic mass is 10.1. The lowest BCUT2D eigenvalue weighted by Crippen LogP contribution is -2.37. The molecule has 1 aliphatic rings. The summed E-state index contributed by atoms with van der Waals surface area (Å²) in [6.45, 7) is 1.08. The van der Waals surface area contributed by atoms with E-state index in [0.29, 0.717) is 13.2 Å². The number of nitro groups is 1. The number of carbonyl (C=O) groups excluding carboxylic acids is 1. The van der Waals surface area contributed by atoms with Crippen LogP contribution in [-0.4, -0.2) is 47.1 Å². The van der Waals surface area contributed by atoms with Crippen LogP contribution in [-0.2, 0) is 4.74 Å². The minimum Gasteiger partial charge on any atom is -0.502 e. The Morgan fingerprint density at radius 3 is 2.89 bits per heavy atom. The molecule has 19 heavy (non-hydrogen) atoms. The van der Waals surface area contributed by atoms with Gasteiger partial charge in [-0.3, -0.25) is 14.9 Å². The van der Waals surface area contributed by atoms with E-state index in [0.717, 1.165) is 18.6 Å². The molecule has 1 atom stereocenters. The fraction of sp³-hybridized carbons (Fsp3) is 0.417. The molecule has 0 aromatic heterocycles. The Morgan fingerprint density at radius 2 is 2.32 bits per heavy atom. The Hall–Kier alpha value is -2.15. The highest BCUT2D eigenvalue weighted by Gasteiger charge is 2.26. The fourth-order valence-electron chi connectivity index (χ4n) is 2.00. The second kappa shape index (κ2) is 5.23. The van der Waals surface area contributed by atoms with Crippen LogP contribution < -0.4 is 0 Å². The third-order valence-electron chi connectivity index (χ3n) is 3.19. The molecule has 1 fully saturated rings. The number of nitro benzene ring substituents is 1. The van der Waals surface area contributed by atoms with Crippen molar-refractivity contribution in [3.8, 4) is 5.75 Å². The van der Waals surface area contributed by atoms with E-state index >= 15 is 0 Å². The number of amides is 1. The molecule has 7 heteroatoms. The first kappa shape index (κ1) is 13.3. The van der Waals surface area contributed by atoms with Crippen molar-refractivity contribution < 1.29 is 19.6 Å². The van der Waals surface area contributed by atoms with Gasteiger partial charge in [0.25, 0.3) is 5.91 Å². The Balaban J connectivity index is 2.23. The molecule has 1 unspecified atom stereocenters. The lowest BCUT2D eigenvalue weighted by Gasteiger charge is -2.23. The number of aromatic hydroxyl groups is 1. The molecule has 1 saturated heterocycles. The normalized spacial score (nSPS) is 18.3. The number of phenols is 1. The standard InChI is InChI=1S/C12H14N2O5/c1-13(9-4-5-19-7-9)12(16)8-2-3-11(15)10(6-8)14(17)18/h2-3,6,9,15H,4-5,7H2,1H3. The number of rotatable bonds is 3. The molecule has 0 spiro atoms. The molecule has 1 aromatic carbocycles. The maximum absolute atomic E-state index is 12.2. The fourth-order valence-corrected chi connectivity index (χ4v) is 2.00. The van der Waals surface area contributed by atoms with Crippen LogP contribution in [0.5, 0.6) is 5.75 Å². The lowest BCUT2D eigenvalue weighted by molar-refractivity contribution is -0.385. The summed E-state index contributed by atoms with van der Waals surface area (Å²) >= 11 is 0. The highest BCUT2D eigenvalue weighted by Crippen LogP contribution is 2.27. The number of carbonyl (C=O) groups is 1. The molecule has 1 amide bonds. The van der Waals surface area contributed by atoms with Crippen molar-refractivity contribution in [3.05, 3.63) is 33.9 Å². The van der Waals surface area contributed by atoms with Crippen LogP contribution >= 0.6 is 0 Å². The van der Waals surface area contributed by atoms with E-state index in [1.807, 2.05) is 0 Å². The summed E-state index contributed by atoms with van der Waals surface area (Å²) in [6, 6.07) is 3.60. The van der Waals surface area contributed by atoms with Crippen LogP contribution in [0, 0.1) is 10.1 Å². The number of nitrogens with zero attached hydrogens (tertiary/aromatic N) is 2. The first-order valence-electron chi connectivity index (χ1n) is 5.83. The zero-order valence-electron chi connectivity index (χ0n) is 10.4. The molecule has 0 saturated carbocycles. The number of benzene rings is 1. The van der Waals surface area contributed by atoms with E-state index in [9.17, 15) is 20.0 Å². The summed E-state index contributed by atoms with van der Waals surface area (Å²) in [5.41, 5.74) is -0.291. The topological polar surface area (TPSA) is 92.9 Å². The summed E-state index contributed by atoms with van der Waals surface area (Å²) in [4.78, 5) is 23.7. The molecule has 0 radical (unpaired) electrons. The summed E-state index contributed by atoms with van der Waals surface area (Å²) in [6.07, 6.45) is 0.752. The second-order valence-electron chi connectivity index (χ2n) is 4.39. The van der Waals surface area contributed by atoms with Gasteiger partial charge in [-0.25, -0.2) is 0 Å². The predicted molar refractivity (Wildman–Crippen MR) is 66.1 cm³/mol. The smallest absolute Gasteiger partial charge is 0.311 e. The minimum absolute atomic E-state index is 0.0136. The van der Waals surface area contributed by atoms with Gasteiger partial charge in [0.05, 0.1) is 17.6 Å². The molecular weight excluding hydrogens is 252 g/mol. The number of phenolic OH excluding ortho intramolecular Hbond substituents is 1. The van der Waals surface area contributed by atoms with Crippen molar-refractivity contribution in [1.29, 1.82) is 0 Å². The molecule has 1 N–H and O–H groups in total. The maximum Gasteiger partial charge on any atom is 0.311 e. The minimum atomic E-state index is -0.717. The Kier molecular flexibility index (Phi) is 3.66. The van der Waals surface area contributed by atoms with Gasteiger partial charge in [-0.15, -0.1) is 0 Å². The van der Waals surface area contributed by atoms with Crippen LogP contribution in [0.25, 0.3) is 0 Å². The highest BCUT2D eigenvalue weighted by molar-refractivity contribution is 5.95. The van der Waals surface area contributed by atoms with Crippen molar-refractivity contribution in [2.24, 2.45) is 0 Å². The van der Waals surface area contributed by atoms with E-state index < -0.39 is 16.4 Å². The van der Waals surface area contributed by atoms with Gasteiger partial charge in [0, 0.05) is 25.3 Å². The van der Waals surface area contributed by atoms with Crippen LogP contribution in [0.4, 0.5) is 5.69 Å². The Labute approximate surface area is 109 Å². The predicted octanol–water partition coefficient (Wildman–Crippen LogP) is 1.16. The van der Waals surface area contributed by atoms with E-state index in [1.165, 1.54) is 11.0 Å². The highest BCUT2D eigenvalue weighted by atomic mass is 16.6. The van der Waals surface area contributed by atoms with Crippen LogP contribution in [0.3, 0.4) is 0 Å². The monoisotopic (exact) mass is 266 g/mol. The summed E-state index contributed by atoms with van der Waals surface area (Å²) in [5, 5.41) is 20.1. The van der Waals surface area contributed by atoms with Gasteiger partial charge in [-0.1, -0.05) is 0 Å². The molecule has 2 rings (SSSR count). The van der Waals surface area contributed by atoms with Gasteiger partial charge in [0.15, 0.2) is 5.75 Å². The molecule has 0 aliphatic carbocycles. The Morgan fingerprint density at radius 1 is 1.58 bits per heavy atom. The molecule has 7 nitrogen and oxygen atoms in total. The average molecular weight is 266 g/mol. The Bertz CT molecular complexity index is 511. The quantitative estimate of drug-likeness (QED) is 0.654. The largest absolute Gasteiger partial charge is 0.502 e. The van der Waals surface area contributed by atoms with E-state index in [4.69, 9.17) is 4.74 Å². The van der Waals surface area contributed by atoms with Gasteiger partial charge < -0.3 is 14.7 Å². The van der Waals surface area contributed by atoms with Gasteiger partial charge in [0.2, 0.25) is 0 Å². The van der Waals surface area contributed by atoms with Crippen LogP contribution in [0.2, 0.25) is 0 Å². The summed E-state index contributed by atoms with van der Waals surface area (Å²) in [5.74, 6) is -0.771. The zero-order chi connectivity index (χ0) is 14.0. The first-order chi connectivity index (χ1) is 9.00. The summed E-state index contributed by atoms with van der Waals surface area (Å²) in [7, 11) is 1.64. The van der Waals surface area contributed by atoms with Gasteiger partial charge in [-0.05, 0) is 18.6 Å². The molecule has 1 aromatic rings. The maximum atomic E-state index is 12.2. The first-order valence-corrected chi connectivity index (χ1v) is 5.83. The van der Waals surface area contributed by atoms with Crippen molar-refractivity contribution in [1.82, 2.24) is 4.90 Å². The molecule has 1 aliphatic heterocycles. The van der Waals surface area contributed by atoms with Gasteiger partial charge >= 0.3 is 5.69 Å². The van der Waals surface area contributed by atoms with E-state index in [1.54, 1.807) is 7.05 Å². The van der Waals surface area contributed by atoms with Crippen molar-refractivity contribution in [3.63, 3.8) is 0 Å². The second-order valence-corrected chi connectivity index (χ2v) is 4.39. The molecule has 102 valence electrons. The number of ether oxygens (including phenoxy) is 1. The average Bonchev–Trinajstić information content (AvgIpc) is 2.91. The van der Waals surface area contributed by atoms with Gasteiger partial charge in [-0.2, -0.15) is 0 Å². The van der Waals surface area contributed by atoms with Gasteiger partial charge in [0.1, 0.15) is 0 Å². The van der Waals surface area contributed by atoms with Crippen molar-refractivity contribution in [2.45, 2.75) is 12.5 Å². The molecule has 1 heterocycles. The molecule has 0 bridgehead atoms. The number of hydrogen-bond acceptors (Lipinski definition) is 5. The number of likely N-dealkylation sites (N-methyl/N-ethyl adjacent to an activating group) is 1. The van der Waals surface area contributed by atoms with Crippen LogP contribution in [0.15, 0.2) is 18.2 Å². The van der Waals surface area contributed by atoms with Crippen molar-refractivity contribution >= 4 is 11.6 Å². The van der Waals surface area contributed by atoms with E-state index in [2.05, 4.69) is 0 Å². The summed E-state index contributed by atoms with van der Waals surface area (Å²) < 4.78 is 5.20.